The molecule has 0 saturated carbocycles. The summed E-state index contributed by atoms with van der Waals surface area (Å²) in [7, 11) is 0. The van der Waals surface area contributed by atoms with Crippen LogP contribution in [0.2, 0.25) is 0 Å². The van der Waals surface area contributed by atoms with Crippen molar-refractivity contribution in [3.63, 3.8) is 0 Å². The smallest absolute Gasteiger partial charge is 0.265 e. The number of ether oxygens (including phenoxy) is 1. The van der Waals surface area contributed by atoms with Crippen molar-refractivity contribution >= 4 is 17.0 Å². The monoisotopic (exact) mass is 199 g/mol. The molecule has 1 aliphatic heterocycles. The number of rotatable bonds is 0. The van der Waals surface area contributed by atoms with E-state index in [1.807, 2.05) is 36.4 Å². The second-order valence-corrected chi connectivity index (χ2v) is 3.44. The molecule has 0 bridgehead atoms. The first-order chi connectivity index (χ1) is 7.36. The molecule has 0 unspecified atom stereocenters. The van der Waals surface area contributed by atoms with Crippen LogP contribution in [-0.2, 0) is 0 Å². The van der Waals surface area contributed by atoms with Crippen LogP contribution in [0.4, 0.5) is 0 Å². The van der Waals surface area contributed by atoms with Crippen molar-refractivity contribution in [3.8, 4) is 5.88 Å². The van der Waals surface area contributed by atoms with Crippen molar-refractivity contribution < 1.29 is 4.74 Å². The largest absolute Gasteiger partial charge is 0.474 e. The third-order valence-corrected chi connectivity index (χ3v) is 2.51. The van der Waals surface area contributed by atoms with E-state index >= 15 is 0 Å². The zero-order valence-electron chi connectivity index (χ0n) is 8.01. The van der Waals surface area contributed by atoms with Gasteiger partial charge in [-0.3, -0.25) is 9.36 Å². The number of fused-ring (bicyclic) bond motifs is 2. The minimum Gasteiger partial charge on any atom is -0.474 e. The van der Waals surface area contributed by atoms with Crippen molar-refractivity contribution in [2.24, 2.45) is 0 Å². The van der Waals surface area contributed by atoms with Crippen molar-refractivity contribution in [2.75, 3.05) is 6.61 Å². The fraction of sp³-hybridized carbons (Fsp3) is 0.0833. The first-order valence-electron chi connectivity index (χ1n) is 4.80. The lowest BCUT2D eigenvalue weighted by Gasteiger charge is -2.14. The molecular formula is C12H9NO2. The van der Waals surface area contributed by atoms with Gasteiger partial charge in [0, 0.05) is 17.7 Å². The van der Waals surface area contributed by atoms with Crippen LogP contribution in [-0.4, -0.2) is 11.2 Å². The first-order valence-corrected chi connectivity index (χ1v) is 4.80. The Morgan fingerprint density at radius 1 is 1.27 bits per heavy atom. The molecule has 3 heteroatoms. The Bertz CT molecular complexity index is 611. The van der Waals surface area contributed by atoms with Gasteiger partial charge in [0.2, 0.25) is 5.88 Å². The molecule has 1 aromatic heterocycles. The molecule has 0 amide bonds. The summed E-state index contributed by atoms with van der Waals surface area (Å²) in [6.45, 7) is 0.526. The third-order valence-electron chi connectivity index (χ3n) is 2.51. The zero-order chi connectivity index (χ0) is 10.3. The molecule has 2 heterocycles. The van der Waals surface area contributed by atoms with Gasteiger partial charge >= 0.3 is 0 Å². The van der Waals surface area contributed by atoms with Crippen molar-refractivity contribution in [1.29, 1.82) is 0 Å². The summed E-state index contributed by atoms with van der Waals surface area (Å²) in [6.07, 6.45) is 3.58. The summed E-state index contributed by atoms with van der Waals surface area (Å²) in [5.41, 5.74) is -0.0287. The molecular weight excluding hydrogens is 190 g/mol. The second kappa shape index (κ2) is 2.98. The molecule has 0 fully saturated rings. The van der Waals surface area contributed by atoms with Crippen LogP contribution >= 0.6 is 0 Å². The Morgan fingerprint density at radius 3 is 3.07 bits per heavy atom. The Hall–Kier alpha value is -2.03. The highest BCUT2D eigenvalue weighted by Gasteiger charge is 2.09. The van der Waals surface area contributed by atoms with Gasteiger partial charge in [-0.2, -0.15) is 0 Å². The minimum atomic E-state index is -0.0287. The molecule has 0 aliphatic carbocycles. The Labute approximate surface area is 86.2 Å². The highest BCUT2D eigenvalue weighted by atomic mass is 16.5. The van der Waals surface area contributed by atoms with Crippen LogP contribution in [0.5, 0.6) is 5.88 Å². The number of pyridine rings is 1. The molecule has 1 aromatic carbocycles. The van der Waals surface area contributed by atoms with Crippen LogP contribution in [0.3, 0.4) is 0 Å². The fourth-order valence-electron chi connectivity index (χ4n) is 1.78. The molecule has 2 aromatic rings. The van der Waals surface area contributed by atoms with Crippen molar-refractivity contribution in [3.05, 3.63) is 46.8 Å². The van der Waals surface area contributed by atoms with Gasteiger partial charge in [-0.05, 0) is 17.5 Å². The molecule has 74 valence electrons. The van der Waals surface area contributed by atoms with Crippen LogP contribution < -0.4 is 10.3 Å². The van der Waals surface area contributed by atoms with Crippen LogP contribution in [0.15, 0.2) is 41.2 Å². The third kappa shape index (κ3) is 1.16. The van der Waals surface area contributed by atoms with Gasteiger partial charge in [0.1, 0.15) is 6.61 Å². The van der Waals surface area contributed by atoms with Crippen molar-refractivity contribution in [1.82, 2.24) is 4.57 Å². The molecule has 0 spiro atoms. The number of nitrogens with zero attached hydrogens (tertiary/aromatic N) is 1. The molecule has 0 saturated heterocycles. The Kier molecular flexibility index (Phi) is 1.65. The SMILES string of the molecule is O=c1c2ccccc2cc2n1C=CCO2. The Balaban J connectivity index is 2.48. The predicted octanol–water partition coefficient (Wildman–Crippen LogP) is 1.86. The van der Waals surface area contributed by atoms with Gasteiger partial charge in [0.15, 0.2) is 0 Å². The summed E-state index contributed by atoms with van der Waals surface area (Å²) in [4.78, 5) is 12.0. The maximum atomic E-state index is 12.0. The lowest BCUT2D eigenvalue weighted by atomic mass is 10.2. The van der Waals surface area contributed by atoms with Crippen LogP contribution in [0.25, 0.3) is 17.0 Å². The quantitative estimate of drug-likeness (QED) is 0.648. The highest BCUT2D eigenvalue weighted by molar-refractivity contribution is 5.83. The van der Waals surface area contributed by atoms with E-state index in [1.54, 1.807) is 6.20 Å². The predicted molar refractivity (Wildman–Crippen MR) is 59.0 cm³/mol. The van der Waals surface area contributed by atoms with Gasteiger partial charge in [-0.25, -0.2) is 0 Å². The van der Waals surface area contributed by atoms with Gasteiger partial charge in [-0.15, -0.1) is 0 Å². The van der Waals surface area contributed by atoms with E-state index in [9.17, 15) is 4.79 Å². The number of benzene rings is 1. The van der Waals surface area contributed by atoms with Crippen molar-refractivity contribution in [2.45, 2.75) is 0 Å². The van der Waals surface area contributed by atoms with E-state index in [0.29, 0.717) is 12.5 Å². The molecule has 0 radical (unpaired) electrons. The Morgan fingerprint density at radius 2 is 2.13 bits per heavy atom. The van der Waals surface area contributed by atoms with E-state index in [-0.39, 0.29) is 5.56 Å². The second-order valence-electron chi connectivity index (χ2n) is 3.44. The zero-order valence-corrected chi connectivity index (χ0v) is 8.01. The molecule has 3 rings (SSSR count). The van der Waals surface area contributed by atoms with Gasteiger partial charge in [0.05, 0.1) is 0 Å². The van der Waals surface area contributed by atoms with E-state index < -0.39 is 0 Å². The molecule has 3 nitrogen and oxygen atoms in total. The van der Waals surface area contributed by atoms with Gasteiger partial charge in [-0.1, -0.05) is 18.2 Å². The summed E-state index contributed by atoms with van der Waals surface area (Å²) in [6, 6.07) is 9.41. The summed E-state index contributed by atoms with van der Waals surface area (Å²) in [5, 5.41) is 1.64. The maximum absolute atomic E-state index is 12.0. The molecule has 15 heavy (non-hydrogen) atoms. The maximum Gasteiger partial charge on any atom is 0.265 e. The average molecular weight is 199 g/mol. The molecule has 1 aliphatic rings. The number of hydrogen-bond acceptors (Lipinski definition) is 2. The average Bonchev–Trinajstić information content (AvgIpc) is 2.30. The highest BCUT2D eigenvalue weighted by Crippen LogP contribution is 2.19. The van der Waals surface area contributed by atoms with E-state index in [0.717, 1.165) is 10.8 Å². The normalized spacial score (nSPS) is 13.6. The van der Waals surface area contributed by atoms with Gasteiger partial charge < -0.3 is 4.74 Å². The van der Waals surface area contributed by atoms with E-state index in [4.69, 9.17) is 4.74 Å². The lowest BCUT2D eigenvalue weighted by molar-refractivity contribution is 0.333. The summed E-state index contributed by atoms with van der Waals surface area (Å²) in [5.74, 6) is 0.612. The van der Waals surface area contributed by atoms with E-state index in [2.05, 4.69) is 0 Å². The summed E-state index contributed by atoms with van der Waals surface area (Å²) >= 11 is 0. The first kappa shape index (κ1) is 8.29. The standard InChI is InChI=1S/C12H9NO2/c14-12-10-5-2-1-4-9(10)8-11-13(12)6-3-7-15-11/h1-6,8H,7H2. The van der Waals surface area contributed by atoms with E-state index in [1.165, 1.54) is 4.57 Å². The van der Waals surface area contributed by atoms with Gasteiger partial charge in [0.25, 0.3) is 5.56 Å². The fourth-order valence-corrected chi connectivity index (χ4v) is 1.78. The number of aromatic nitrogens is 1. The van der Waals surface area contributed by atoms with Crippen LogP contribution in [0, 0.1) is 0 Å². The molecule has 0 atom stereocenters. The molecule has 0 N–H and O–H groups in total. The minimum absolute atomic E-state index is 0.0287. The summed E-state index contributed by atoms with van der Waals surface area (Å²) < 4.78 is 6.92. The van der Waals surface area contributed by atoms with Crippen LogP contribution in [0.1, 0.15) is 0 Å². The lowest BCUT2D eigenvalue weighted by Crippen LogP contribution is -2.20. The number of hydrogen-bond donors (Lipinski definition) is 0. The topological polar surface area (TPSA) is 31.2 Å².